The monoisotopic (exact) mass is 262 g/mol. The van der Waals surface area contributed by atoms with Gasteiger partial charge in [0.15, 0.2) is 0 Å². The maximum atomic E-state index is 5.52. The fourth-order valence-electron chi connectivity index (χ4n) is 2.65. The van der Waals surface area contributed by atoms with Gasteiger partial charge in [-0.2, -0.15) is 0 Å². The summed E-state index contributed by atoms with van der Waals surface area (Å²) in [5.41, 5.74) is 0.579. The molecule has 4 heteroatoms. The third kappa shape index (κ3) is 2.44. The lowest BCUT2D eigenvalue weighted by Crippen LogP contribution is -2.47. The highest BCUT2D eigenvalue weighted by Gasteiger charge is 2.43. The minimum atomic E-state index is -0.461. The largest absolute Gasteiger partial charge is 0.483 e. The van der Waals surface area contributed by atoms with E-state index in [1.165, 1.54) is 0 Å². The first-order valence-corrected chi connectivity index (χ1v) is 6.62. The predicted octanol–water partition coefficient (Wildman–Crippen LogP) is 2.76. The lowest BCUT2D eigenvalue weighted by atomic mass is 9.82. The second-order valence-electron chi connectivity index (χ2n) is 5.45. The predicted molar refractivity (Wildman–Crippen MR) is 77.8 cm³/mol. The van der Waals surface area contributed by atoms with Gasteiger partial charge < -0.3 is 9.47 Å². The van der Waals surface area contributed by atoms with Gasteiger partial charge in [0, 0.05) is 12.8 Å². The maximum absolute atomic E-state index is 5.52. The average molecular weight is 262 g/mol. The first-order chi connectivity index (χ1) is 9.02. The molecule has 1 spiro atoms. The van der Waals surface area contributed by atoms with E-state index >= 15 is 0 Å². The Kier molecular flexibility index (Phi) is 3.78. The molecule has 0 unspecified atom stereocenters. The Balaban J connectivity index is 2.44. The summed E-state index contributed by atoms with van der Waals surface area (Å²) in [7, 11) is 3.31. The fraction of sp³-hybridized carbons (Fsp3) is 0.600. The van der Waals surface area contributed by atoms with Gasteiger partial charge in [0.2, 0.25) is 11.8 Å². The van der Waals surface area contributed by atoms with Crippen molar-refractivity contribution in [2.45, 2.75) is 38.3 Å². The average Bonchev–Trinajstić information content (AvgIpc) is 2.37. The van der Waals surface area contributed by atoms with Crippen molar-refractivity contribution in [3.05, 3.63) is 24.3 Å². The number of aliphatic imine (C=N–C) groups is 2. The van der Waals surface area contributed by atoms with Crippen LogP contribution >= 0.6 is 0 Å². The first-order valence-electron chi connectivity index (χ1n) is 6.62. The molecule has 104 valence electrons. The fourth-order valence-corrected chi connectivity index (χ4v) is 2.65. The highest BCUT2D eigenvalue weighted by molar-refractivity contribution is 5.97. The molecule has 0 saturated carbocycles. The zero-order valence-corrected chi connectivity index (χ0v) is 12.1. The lowest BCUT2D eigenvalue weighted by Gasteiger charge is -2.37. The Hall–Kier alpha value is -1.58. The summed E-state index contributed by atoms with van der Waals surface area (Å²) in [6.07, 6.45) is 5.62. The van der Waals surface area contributed by atoms with Gasteiger partial charge in [-0.15, -0.1) is 0 Å². The summed E-state index contributed by atoms with van der Waals surface area (Å²) in [5.74, 6) is 1.71. The molecule has 0 radical (unpaired) electrons. The van der Waals surface area contributed by atoms with Crippen LogP contribution in [0, 0.1) is 5.92 Å². The van der Waals surface area contributed by atoms with Gasteiger partial charge in [0.25, 0.3) is 0 Å². The van der Waals surface area contributed by atoms with Crippen LogP contribution in [0.3, 0.4) is 0 Å². The first kappa shape index (κ1) is 13.8. The molecule has 0 aromatic rings. The molecule has 0 fully saturated rings. The minimum absolute atomic E-state index is 0.0650. The third-order valence-corrected chi connectivity index (χ3v) is 3.59. The van der Waals surface area contributed by atoms with Crippen LogP contribution < -0.4 is 0 Å². The zero-order valence-electron chi connectivity index (χ0n) is 12.1. The second kappa shape index (κ2) is 5.19. The summed E-state index contributed by atoms with van der Waals surface area (Å²) < 4.78 is 11.0. The molecule has 2 aliphatic rings. The smallest absolute Gasteiger partial charge is 0.213 e. The molecule has 0 aromatic heterocycles. The molecule has 1 heterocycles. The summed E-state index contributed by atoms with van der Waals surface area (Å²) in [6, 6.07) is -0.0650. The number of hydrogen-bond donors (Lipinski definition) is 0. The van der Waals surface area contributed by atoms with Gasteiger partial charge in [-0.3, -0.25) is 0 Å². The molecule has 2 atom stereocenters. The standard InChI is InChI=1S/C15H22N2O2/c1-10(2)12-13(18-4)17-15(14(16-12)19-5)8-6-7-11(3)9-15/h6-7,10,12H,3,8-9H2,1-2,4-5H3/t12-,15+/m0/s1. The van der Waals surface area contributed by atoms with Crippen molar-refractivity contribution >= 4 is 11.8 Å². The summed E-state index contributed by atoms with van der Waals surface area (Å²) in [4.78, 5) is 9.55. The number of rotatable bonds is 1. The molecule has 4 nitrogen and oxygen atoms in total. The van der Waals surface area contributed by atoms with Gasteiger partial charge in [0.05, 0.1) is 14.2 Å². The Labute approximate surface area is 114 Å². The Morgan fingerprint density at radius 2 is 2.11 bits per heavy atom. The van der Waals surface area contributed by atoms with Crippen molar-refractivity contribution in [2.24, 2.45) is 15.9 Å². The molecule has 0 bridgehead atoms. The molecule has 2 rings (SSSR count). The van der Waals surface area contributed by atoms with E-state index in [0.717, 1.165) is 18.4 Å². The van der Waals surface area contributed by atoms with Gasteiger partial charge in [-0.05, 0) is 5.92 Å². The van der Waals surface area contributed by atoms with E-state index in [2.05, 4.69) is 26.5 Å². The van der Waals surface area contributed by atoms with E-state index in [9.17, 15) is 0 Å². The molecule has 0 aromatic carbocycles. The zero-order chi connectivity index (χ0) is 14.0. The van der Waals surface area contributed by atoms with Gasteiger partial charge in [0.1, 0.15) is 11.6 Å². The normalized spacial score (nSPS) is 30.4. The van der Waals surface area contributed by atoms with Crippen LogP contribution in [0.2, 0.25) is 0 Å². The van der Waals surface area contributed by atoms with Crippen LogP contribution in [0.1, 0.15) is 26.7 Å². The SMILES string of the molecule is C=C1C=CC[C@]2(C1)N=C(OC)[C@H](C(C)C)N=C2OC. The van der Waals surface area contributed by atoms with Crippen LogP contribution in [0.5, 0.6) is 0 Å². The van der Waals surface area contributed by atoms with Crippen molar-refractivity contribution in [3.63, 3.8) is 0 Å². The van der Waals surface area contributed by atoms with E-state index in [4.69, 9.17) is 19.5 Å². The summed E-state index contributed by atoms with van der Waals surface area (Å²) in [6.45, 7) is 8.24. The van der Waals surface area contributed by atoms with E-state index in [-0.39, 0.29) is 6.04 Å². The Morgan fingerprint density at radius 1 is 1.37 bits per heavy atom. The summed E-state index contributed by atoms with van der Waals surface area (Å²) in [5, 5.41) is 0. The molecule has 1 aliphatic heterocycles. The second-order valence-corrected chi connectivity index (χ2v) is 5.45. The molecule has 0 saturated heterocycles. The van der Waals surface area contributed by atoms with Crippen molar-refractivity contribution in [2.75, 3.05) is 14.2 Å². The van der Waals surface area contributed by atoms with Crippen LogP contribution in [-0.4, -0.2) is 37.6 Å². The number of hydrogen-bond acceptors (Lipinski definition) is 4. The van der Waals surface area contributed by atoms with Crippen LogP contribution in [0.15, 0.2) is 34.3 Å². The van der Waals surface area contributed by atoms with Crippen LogP contribution in [0.25, 0.3) is 0 Å². The lowest BCUT2D eigenvalue weighted by molar-refractivity contribution is 0.302. The Bertz CT molecular complexity index is 463. The summed E-state index contributed by atoms with van der Waals surface area (Å²) >= 11 is 0. The van der Waals surface area contributed by atoms with E-state index < -0.39 is 5.54 Å². The van der Waals surface area contributed by atoms with Crippen molar-refractivity contribution in [3.8, 4) is 0 Å². The van der Waals surface area contributed by atoms with Gasteiger partial charge >= 0.3 is 0 Å². The minimum Gasteiger partial charge on any atom is -0.483 e. The topological polar surface area (TPSA) is 43.2 Å². The number of nitrogens with zero attached hydrogens (tertiary/aromatic N) is 2. The highest BCUT2D eigenvalue weighted by atomic mass is 16.5. The maximum Gasteiger partial charge on any atom is 0.213 e. The Morgan fingerprint density at radius 3 is 2.63 bits per heavy atom. The molecule has 0 amide bonds. The molecule has 19 heavy (non-hydrogen) atoms. The molecule has 1 aliphatic carbocycles. The van der Waals surface area contributed by atoms with Crippen molar-refractivity contribution in [1.82, 2.24) is 0 Å². The van der Waals surface area contributed by atoms with E-state index in [1.54, 1.807) is 14.2 Å². The molecular formula is C15H22N2O2. The van der Waals surface area contributed by atoms with Gasteiger partial charge in [-0.25, -0.2) is 9.98 Å². The van der Waals surface area contributed by atoms with E-state index in [1.807, 2.05) is 6.08 Å². The van der Waals surface area contributed by atoms with Crippen LogP contribution in [0.4, 0.5) is 0 Å². The third-order valence-electron chi connectivity index (χ3n) is 3.59. The molecule has 0 N–H and O–H groups in total. The highest BCUT2D eigenvalue weighted by Crippen LogP contribution is 2.36. The number of ether oxygens (including phenoxy) is 2. The molecular weight excluding hydrogens is 240 g/mol. The number of methoxy groups -OCH3 is 2. The van der Waals surface area contributed by atoms with Gasteiger partial charge in [-0.1, -0.05) is 38.2 Å². The van der Waals surface area contributed by atoms with Crippen molar-refractivity contribution < 1.29 is 9.47 Å². The quantitative estimate of drug-likeness (QED) is 0.729. The van der Waals surface area contributed by atoms with Crippen molar-refractivity contribution in [1.29, 1.82) is 0 Å². The van der Waals surface area contributed by atoms with E-state index in [0.29, 0.717) is 17.7 Å². The number of allylic oxidation sites excluding steroid dienone is 1. The van der Waals surface area contributed by atoms with Crippen LogP contribution in [-0.2, 0) is 9.47 Å².